The monoisotopic (exact) mass is 306 g/mol. The van der Waals surface area contributed by atoms with E-state index in [-0.39, 0.29) is 5.91 Å². The molecule has 1 aromatic carbocycles. The maximum absolute atomic E-state index is 12.4. The van der Waals surface area contributed by atoms with Gasteiger partial charge in [0.05, 0.1) is 18.0 Å². The summed E-state index contributed by atoms with van der Waals surface area (Å²) in [6, 6.07) is 15.5. The lowest BCUT2D eigenvalue weighted by Crippen LogP contribution is -2.32. The molecule has 0 atom stereocenters. The molecule has 5 heteroatoms. The molecule has 0 radical (unpaired) electrons. The SMILES string of the molecule is N#CC1(C(=O)Nc2ccc(Nc3ccccc3)nc2)CCCC1. The molecule has 0 aliphatic heterocycles. The number of carbonyl (C=O) groups excluding carboxylic acids is 1. The summed E-state index contributed by atoms with van der Waals surface area (Å²) in [5.41, 5.74) is 0.683. The van der Waals surface area contributed by atoms with Crippen molar-refractivity contribution >= 4 is 23.1 Å². The van der Waals surface area contributed by atoms with Crippen molar-refractivity contribution < 1.29 is 4.79 Å². The lowest BCUT2D eigenvalue weighted by Gasteiger charge is -2.19. The van der Waals surface area contributed by atoms with E-state index in [1.807, 2.05) is 30.3 Å². The topological polar surface area (TPSA) is 77.8 Å². The first-order valence-electron chi connectivity index (χ1n) is 7.73. The van der Waals surface area contributed by atoms with Crippen LogP contribution in [0.25, 0.3) is 0 Å². The number of benzene rings is 1. The van der Waals surface area contributed by atoms with Crippen LogP contribution in [0.15, 0.2) is 48.7 Å². The van der Waals surface area contributed by atoms with Gasteiger partial charge < -0.3 is 10.6 Å². The largest absolute Gasteiger partial charge is 0.340 e. The van der Waals surface area contributed by atoms with E-state index in [2.05, 4.69) is 21.7 Å². The maximum atomic E-state index is 12.4. The number of nitrogens with zero attached hydrogens (tertiary/aromatic N) is 2. The van der Waals surface area contributed by atoms with Crippen LogP contribution in [0.4, 0.5) is 17.2 Å². The maximum Gasteiger partial charge on any atom is 0.244 e. The fourth-order valence-corrected chi connectivity index (χ4v) is 2.83. The molecule has 2 aromatic rings. The van der Waals surface area contributed by atoms with Gasteiger partial charge in [0.1, 0.15) is 11.2 Å². The summed E-state index contributed by atoms with van der Waals surface area (Å²) in [7, 11) is 0. The van der Waals surface area contributed by atoms with Gasteiger partial charge in [0.25, 0.3) is 0 Å². The van der Waals surface area contributed by atoms with E-state index in [1.54, 1.807) is 18.3 Å². The van der Waals surface area contributed by atoms with Crippen molar-refractivity contribution in [3.8, 4) is 6.07 Å². The van der Waals surface area contributed by atoms with Gasteiger partial charge in [-0.1, -0.05) is 31.0 Å². The number of para-hydroxylation sites is 1. The molecule has 0 unspecified atom stereocenters. The predicted molar refractivity (Wildman–Crippen MR) is 89.1 cm³/mol. The summed E-state index contributed by atoms with van der Waals surface area (Å²) < 4.78 is 0. The summed E-state index contributed by atoms with van der Waals surface area (Å²) in [6.45, 7) is 0. The normalized spacial score (nSPS) is 15.6. The van der Waals surface area contributed by atoms with Gasteiger partial charge in [0.15, 0.2) is 0 Å². The summed E-state index contributed by atoms with van der Waals surface area (Å²) in [5.74, 6) is 0.480. The first kappa shape index (κ1) is 15.0. The number of anilines is 3. The molecule has 0 saturated heterocycles. The molecular weight excluding hydrogens is 288 g/mol. The van der Waals surface area contributed by atoms with Gasteiger partial charge >= 0.3 is 0 Å². The van der Waals surface area contributed by atoms with Crippen LogP contribution in [0, 0.1) is 16.7 Å². The molecule has 1 saturated carbocycles. The van der Waals surface area contributed by atoms with Gasteiger partial charge in [-0.25, -0.2) is 4.98 Å². The van der Waals surface area contributed by atoms with Crippen molar-refractivity contribution in [1.29, 1.82) is 5.26 Å². The lowest BCUT2D eigenvalue weighted by atomic mass is 9.87. The van der Waals surface area contributed by atoms with Crippen LogP contribution in [-0.2, 0) is 4.79 Å². The Hall–Kier alpha value is -2.87. The second-order valence-electron chi connectivity index (χ2n) is 5.78. The fraction of sp³-hybridized carbons (Fsp3) is 0.278. The van der Waals surface area contributed by atoms with E-state index in [0.29, 0.717) is 24.3 Å². The number of hydrogen-bond acceptors (Lipinski definition) is 4. The molecule has 0 bridgehead atoms. The van der Waals surface area contributed by atoms with Gasteiger partial charge in [-0.15, -0.1) is 0 Å². The minimum absolute atomic E-state index is 0.219. The highest BCUT2D eigenvalue weighted by Gasteiger charge is 2.41. The summed E-state index contributed by atoms with van der Waals surface area (Å²) in [5, 5.41) is 15.3. The molecule has 5 nitrogen and oxygen atoms in total. The van der Waals surface area contributed by atoms with Crippen molar-refractivity contribution in [2.24, 2.45) is 5.41 Å². The quantitative estimate of drug-likeness (QED) is 0.899. The van der Waals surface area contributed by atoms with E-state index in [1.165, 1.54) is 0 Å². The highest BCUT2D eigenvalue weighted by atomic mass is 16.2. The second-order valence-corrected chi connectivity index (χ2v) is 5.78. The van der Waals surface area contributed by atoms with Crippen LogP contribution >= 0.6 is 0 Å². The van der Waals surface area contributed by atoms with Crippen LogP contribution in [0.1, 0.15) is 25.7 Å². The molecule has 1 heterocycles. The third-order valence-corrected chi connectivity index (χ3v) is 4.17. The Labute approximate surface area is 135 Å². The summed E-state index contributed by atoms with van der Waals surface area (Å²) in [6.07, 6.45) is 4.73. The fourth-order valence-electron chi connectivity index (χ4n) is 2.83. The lowest BCUT2D eigenvalue weighted by molar-refractivity contribution is -0.122. The molecular formula is C18H18N4O. The minimum atomic E-state index is -0.874. The third-order valence-electron chi connectivity index (χ3n) is 4.17. The minimum Gasteiger partial charge on any atom is -0.340 e. The van der Waals surface area contributed by atoms with Crippen LogP contribution in [-0.4, -0.2) is 10.9 Å². The number of nitriles is 1. The third kappa shape index (κ3) is 3.32. The number of amides is 1. The number of aromatic nitrogens is 1. The molecule has 2 N–H and O–H groups in total. The van der Waals surface area contributed by atoms with Gasteiger partial charge in [0.2, 0.25) is 5.91 Å². The number of carbonyl (C=O) groups is 1. The smallest absolute Gasteiger partial charge is 0.244 e. The van der Waals surface area contributed by atoms with Crippen LogP contribution in [0.5, 0.6) is 0 Å². The van der Waals surface area contributed by atoms with Crippen LogP contribution in [0.2, 0.25) is 0 Å². The Morgan fingerprint density at radius 2 is 1.83 bits per heavy atom. The van der Waals surface area contributed by atoms with Crippen LogP contribution in [0.3, 0.4) is 0 Å². The molecule has 1 fully saturated rings. The van der Waals surface area contributed by atoms with Crippen molar-refractivity contribution in [2.75, 3.05) is 10.6 Å². The molecule has 1 aliphatic carbocycles. The van der Waals surface area contributed by atoms with Crippen molar-refractivity contribution in [1.82, 2.24) is 4.98 Å². The Kier molecular flexibility index (Phi) is 4.24. The Morgan fingerprint density at radius 1 is 1.09 bits per heavy atom. The molecule has 1 aliphatic rings. The highest BCUT2D eigenvalue weighted by Crippen LogP contribution is 2.38. The van der Waals surface area contributed by atoms with Gasteiger partial charge in [-0.3, -0.25) is 4.79 Å². The number of hydrogen-bond donors (Lipinski definition) is 2. The Morgan fingerprint density at radius 3 is 2.43 bits per heavy atom. The standard InChI is InChI=1S/C18H18N4O/c19-13-18(10-4-5-11-18)17(23)22-15-8-9-16(20-12-15)21-14-6-2-1-3-7-14/h1-3,6-9,12H,4-5,10-11H2,(H,20,21)(H,22,23). The van der Waals surface area contributed by atoms with Gasteiger partial charge in [-0.05, 0) is 37.1 Å². The zero-order chi connectivity index (χ0) is 16.1. The van der Waals surface area contributed by atoms with E-state index >= 15 is 0 Å². The number of pyridine rings is 1. The highest BCUT2D eigenvalue weighted by molar-refractivity contribution is 5.97. The molecule has 1 aromatic heterocycles. The van der Waals surface area contributed by atoms with Crippen LogP contribution < -0.4 is 10.6 Å². The Bertz CT molecular complexity index is 713. The molecule has 0 spiro atoms. The molecule has 23 heavy (non-hydrogen) atoms. The zero-order valence-corrected chi connectivity index (χ0v) is 12.7. The van der Waals surface area contributed by atoms with Gasteiger partial charge in [0, 0.05) is 5.69 Å². The first-order chi connectivity index (χ1) is 11.2. The zero-order valence-electron chi connectivity index (χ0n) is 12.7. The van der Waals surface area contributed by atoms with E-state index in [9.17, 15) is 10.1 Å². The van der Waals surface area contributed by atoms with Crippen molar-refractivity contribution in [3.63, 3.8) is 0 Å². The number of rotatable bonds is 4. The molecule has 116 valence electrons. The molecule has 3 rings (SSSR count). The average Bonchev–Trinajstić information content (AvgIpc) is 3.08. The summed E-state index contributed by atoms with van der Waals surface area (Å²) in [4.78, 5) is 16.7. The van der Waals surface area contributed by atoms with Crippen molar-refractivity contribution in [2.45, 2.75) is 25.7 Å². The van der Waals surface area contributed by atoms with Crippen molar-refractivity contribution in [3.05, 3.63) is 48.7 Å². The molecule has 1 amide bonds. The second kappa shape index (κ2) is 6.49. The van der Waals surface area contributed by atoms with E-state index in [4.69, 9.17) is 0 Å². The van der Waals surface area contributed by atoms with Gasteiger partial charge in [-0.2, -0.15) is 5.26 Å². The average molecular weight is 306 g/mol. The summed E-state index contributed by atoms with van der Waals surface area (Å²) >= 11 is 0. The predicted octanol–water partition coefficient (Wildman–Crippen LogP) is 3.85. The van der Waals surface area contributed by atoms with E-state index in [0.717, 1.165) is 18.5 Å². The number of nitrogens with one attached hydrogen (secondary N) is 2. The first-order valence-corrected chi connectivity index (χ1v) is 7.73. The Balaban J connectivity index is 1.66. The van der Waals surface area contributed by atoms with E-state index < -0.39 is 5.41 Å².